The first-order valence-electron chi connectivity index (χ1n) is 7.23. The Bertz CT molecular complexity index is 520. The fourth-order valence-corrected chi connectivity index (χ4v) is 3.72. The minimum Gasteiger partial charge on any atom is -0.389 e. The first-order valence-corrected chi connectivity index (χ1v) is 8.02. The van der Waals surface area contributed by atoms with Gasteiger partial charge in [0.05, 0.1) is 10.7 Å². The van der Waals surface area contributed by atoms with E-state index < -0.39 is 0 Å². The number of piperazine rings is 1. The minimum absolute atomic E-state index is 0.399. The normalized spacial score (nSPS) is 23.4. The zero-order valence-electron chi connectivity index (χ0n) is 11.5. The van der Waals surface area contributed by atoms with Gasteiger partial charge in [0, 0.05) is 31.2 Å². The van der Waals surface area contributed by atoms with Crippen LogP contribution in [-0.2, 0) is 0 Å². The molecule has 1 unspecified atom stereocenters. The van der Waals surface area contributed by atoms with Gasteiger partial charge in [-0.05, 0) is 37.6 Å². The molecule has 2 heterocycles. The molecule has 2 N–H and O–H groups in total. The molecule has 2 aliphatic heterocycles. The fraction of sp³-hybridized carbons (Fsp3) is 0.533. The van der Waals surface area contributed by atoms with E-state index in [0.717, 1.165) is 35.9 Å². The molecule has 0 aliphatic carbocycles. The van der Waals surface area contributed by atoms with E-state index in [9.17, 15) is 0 Å². The highest BCUT2D eigenvalue weighted by Crippen LogP contribution is 2.30. The first kappa shape index (κ1) is 14.1. The van der Waals surface area contributed by atoms with Crippen LogP contribution in [0.15, 0.2) is 18.2 Å². The van der Waals surface area contributed by atoms with Gasteiger partial charge in [0.15, 0.2) is 0 Å². The fourth-order valence-electron chi connectivity index (χ4n) is 3.29. The van der Waals surface area contributed by atoms with Gasteiger partial charge >= 0.3 is 0 Å². The quantitative estimate of drug-likeness (QED) is 0.851. The van der Waals surface area contributed by atoms with E-state index in [0.29, 0.717) is 11.0 Å². The maximum atomic E-state index is 6.41. The highest BCUT2D eigenvalue weighted by Gasteiger charge is 2.29. The van der Waals surface area contributed by atoms with Crippen molar-refractivity contribution in [3.8, 4) is 0 Å². The molecule has 20 heavy (non-hydrogen) atoms. The Kier molecular flexibility index (Phi) is 4.15. The summed E-state index contributed by atoms with van der Waals surface area (Å²) in [4.78, 5) is 5.42. The second kappa shape index (κ2) is 5.88. The SMILES string of the molecule is NC(=S)c1ccc(N2CCN3CCCCC3C2)c(Cl)c1. The van der Waals surface area contributed by atoms with Crippen molar-refractivity contribution in [2.75, 3.05) is 31.1 Å². The third kappa shape index (κ3) is 2.78. The Morgan fingerprint density at radius 3 is 2.85 bits per heavy atom. The highest BCUT2D eigenvalue weighted by atomic mass is 35.5. The summed E-state index contributed by atoms with van der Waals surface area (Å²) in [5.74, 6) is 0. The van der Waals surface area contributed by atoms with Crippen molar-refractivity contribution >= 4 is 34.5 Å². The van der Waals surface area contributed by atoms with Crippen molar-refractivity contribution in [3.05, 3.63) is 28.8 Å². The number of rotatable bonds is 2. The van der Waals surface area contributed by atoms with Crippen molar-refractivity contribution in [3.63, 3.8) is 0 Å². The average Bonchev–Trinajstić information content (AvgIpc) is 2.46. The van der Waals surface area contributed by atoms with E-state index in [4.69, 9.17) is 29.6 Å². The molecule has 0 amide bonds. The van der Waals surface area contributed by atoms with E-state index in [-0.39, 0.29) is 0 Å². The largest absolute Gasteiger partial charge is 0.389 e. The van der Waals surface area contributed by atoms with Crippen LogP contribution in [0.1, 0.15) is 24.8 Å². The van der Waals surface area contributed by atoms with Crippen LogP contribution in [0.5, 0.6) is 0 Å². The monoisotopic (exact) mass is 309 g/mol. The smallest absolute Gasteiger partial charge is 0.104 e. The van der Waals surface area contributed by atoms with Gasteiger partial charge in [-0.2, -0.15) is 0 Å². The third-order valence-electron chi connectivity index (χ3n) is 4.41. The second-order valence-electron chi connectivity index (χ2n) is 5.66. The van der Waals surface area contributed by atoms with Crippen LogP contribution >= 0.6 is 23.8 Å². The van der Waals surface area contributed by atoms with Gasteiger partial charge in [0.2, 0.25) is 0 Å². The summed E-state index contributed by atoms with van der Waals surface area (Å²) >= 11 is 11.4. The third-order valence-corrected chi connectivity index (χ3v) is 4.95. The predicted octanol–water partition coefficient (Wildman–Crippen LogP) is 2.65. The molecule has 0 radical (unpaired) electrons. The molecule has 0 saturated carbocycles. The Morgan fingerprint density at radius 2 is 2.10 bits per heavy atom. The van der Waals surface area contributed by atoms with Gasteiger partial charge in [-0.3, -0.25) is 4.90 Å². The number of fused-ring (bicyclic) bond motifs is 1. The standard InChI is InChI=1S/C15H20ClN3S/c16-13-9-11(15(17)20)4-5-14(13)19-8-7-18-6-2-1-3-12(18)10-19/h4-5,9,12H,1-3,6-8,10H2,(H2,17,20). The van der Waals surface area contributed by atoms with Gasteiger partial charge in [-0.1, -0.05) is 30.2 Å². The summed E-state index contributed by atoms with van der Waals surface area (Å²) in [5, 5.41) is 0.750. The van der Waals surface area contributed by atoms with Crippen LogP contribution in [0.4, 0.5) is 5.69 Å². The Hall–Kier alpha value is -0.840. The maximum Gasteiger partial charge on any atom is 0.104 e. The van der Waals surface area contributed by atoms with E-state index in [2.05, 4.69) is 15.9 Å². The topological polar surface area (TPSA) is 32.5 Å². The number of nitrogens with two attached hydrogens (primary N) is 1. The summed E-state index contributed by atoms with van der Waals surface area (Å²) in [7, 11) is 0. The molecule has 5 heteroatoms. The number of anilines is 1. The Balaban J connectivity index is 1.78. The number of benzene rings is 1. The van der Waals surface area contributed by atoms with Gasteiger partial charge in [-0.15, -0.1) is 0 Å². The summed E-state index contributed by atoms with van der Waals surface area (Å²) in [6.07, 6.45) is 4.00. The molecule has 0 spiro atoms. The van der Waals surface area contributed by atoms with Gasteiger partial charge in [0.1, 0.15) is 4.99 Å². The van der Waals surface area contributed by atoms with Crippen LogP contribution in [0, 0.1) is 0 Å². The molecule has 2 aliphatic rings. The molecule has 1 aromatic rings. The summed E-state index contributed by atoms with van der Waals surface area (Å²) in [6, 6.07) is 6.59. The molecule has 0 bridgehead atoms. The molecular formula is C15H20ClN3S. The van der Waals surface area contributed by atoms with Crippen molar-refractivity contribution in [2.45, 2.75) is 25.3 Å². The number of hydrogen-bond acceptors (Lipinski definition) is 3. The highest BCUT2D eigenvalue weighted by molar-refractivity contribution is 7.80. The average molecular weight is 310 g/mol. The second-order valence-corrected chi connectivity index (χ2v) is 6.51. The number of nitrogens with zero attached hydrogens (tertiary/aromatic N) is 2. The zero-order chi connectivity index (χ0) is 14.1. The molecule has 108 valence electrons. The molecule has 1 aromatic carbocycles. The first-order chi connectivity index (χ1) is 9.65. The zero-order valence-corrected chi connectivity index (χ0v) is 13.1. The Labute approximate surface area is 130 Å². The van der Waals surface area contributed by atoms with Crippen molar-refractivity contribution in [2.24, 2.45) is 5.73 Å². The molecular weight excluding hydrogens is 290 g/mol. The molecule has 3 rings (SSSR count). The number of thiocarbonyl (C=S) groups is 1. The lowest BCUT2D eigenvalue weighted by atomic mass is 9.99. The van der Waals surface area contributed by atoms with Crippen molar-refractivity contribution in [1.29, 1.82) is 0 Å². The van der Waals surface area contributed by atoms with E-state index >= 15 is 0 Å². The molecule has 3 nitrogen and oxygen atoms in total. The van der Waals surface area contributed by atoms with Crippen LogP contribution in [0.3, 0.4) is 0 Å². The van der Waals surface area contributed by atoms with Crippen LogP contribution < -0.4 is 10.6 Å². The maximum absolute atomic E-state index is 6.41. The molecule has 1 atom stereocenters. The van der Waals surface area contributed by atoms with E-state index in [1.165, 1.54) is 25.8 Å². The van der Waals surface area contributed by atoms with E-state index in [1.54, 1.807) is 0 Å². The molecule has 2 saturated heterocycles. The van der Waals surface area contributed by atoms with Crippen molar-refractivity contribution < 1.29 is 0 Å². The summed E-state index contributed by atoms with van der Waals surface area (Å²) < 4.78 is 0. The lowest BCUT2D eigenvalue weighted by Gasteiger charge is -2.45. The number of piperidine rings is 1. The van der Waals surface area contributed by atoms with Gasteiger partial charge in [-0.25, -0.2) is 0 Å². The number of halogens is 1. The Morgan fingerprint density at radius 1 is 1.25 bits per heavy atom. The lowest BCUT2D eigenvalue weighted by Crippen LogP contribution is -2.55. The summed E-state index contributed by atoms with van der Waals surface area (Å²) in [5.41, 5.74) is 7.60. The minimum atomic E-state index is 0.399. The van der Waals surface area contributed by atoms with Crippen LogP contribution in [0.25, 0.3) is 0 Å². The van der Waals surface area contributed by atoms with E-state index in [1.807, 2.05) is 12.1 Å². The van der Waals surface area contributed by atoms with Gasteiger partial charge < -0.3 is 10.6 Å². The molecule has 0 aromatic heterocycles. The van der Waals surface area contributed by atoms with Crippen LogP contribution in [0.2, 0.25) is 5.02 Å². The van der Waals surface area contributed by atoms with Gasteiger partial charge in [0.25, 0.3) is 0 Å². The summed E-state index contributed by atoms with van der Waals surface area (Å²) in [6.45, 7) is 4.51. The number of hydrogen-bond donors (Lipinski definition) is 1. The predicted molar refractivity (Wildman–Crippen MR) is 88.8 cm³/mol. The molecule has 2 fully saturated rings. The van der Waals surface area contributed by atoms with Crippen molar-refractivity contribution in [1.82, 2.24) is 4.90 Å². The lowest BCUT2D eigenvalue weighted by molar-refractivity contribution is 0.133. The van der Waals surface area contributed by atoms with Crippen LogP contribution in [-0.4, -0.2) is 42.1 Å².